The summed E-state index contributed by atoms with van der Waals surface area (Å²) in [5.41, 5.74) is 7.74. The summed E-state index contributed by atoms with van der Waals surface area (Å²) in [5.74, 6) is 0.330. The van der Waals surface area contributed by atoms with Crippen LogP contribution in [0.2, 0.25) is 10.0 Å². The van der Waals surface area contributed by atoms with E-state index in [1.54, 1.807) is 0 Å². The first-order chi connectivity index (χ1) is 8.88. The number of anilines is 1. The van der Waals surface area contributed by atoms with Crippen molar-refractivity contribution in [2.24, 2.45) is 0 Å². The summed E-state index contributed by atoms with van der Waals surface area (Å²) in [5, 5.41) is 1.89. The van der Waals surface area contributed by atoms with Crippen molar-refractivity contribution in [3.63, 3.8) is 0 Å². The topological polar surface area (TPSA) is 38.9 Å². The highest BCUT2D eigenvalue weighted by molar-refractivity contribution is 9.10. The normalized spacial score (nSPS) is 11.3. The van der Waals surface area contributed by atoms with Gasteiger partial charge in [0.05, 0.1) is 5.69 Å². The van der Waals surface area contributed by atoms with Crippen LogP contribution in [0, 0.1) is 0 Å². The molecule has 1 aromatic heterocycles. The van der Waals surface area contributed by atoms with Crippen LogP contribution in [0.3, 0.4) is 0 Å². The Balaban J connectivity index is 2.42. The molecule has 0 amide bonds. The number of aromatic nitrogens is 1. The maximum atomic E-state index is 6.26. The fourth-order valence-corrected chi connectivity index (χ4v) is 4.20. The van der Waals surface area contributed by atoms with Gasteiger partial charge in [0, 0.05) is 25.8 Å². The number of thiazole rings is 1. The third-order valence-electron chi connectivity index (χ3n) is 2.73. The molecule has 0 saturated heterocycles. The predicted molar refractivity (Wildman–Crippen MR) is 87.6 cm³/mol. The van der Waals surface area contributed by atoms with Gasteiger partial charge in [-0.05, 0) is 23.6 Å². The number of nitrogens with two attached hydrogens (primary N) is 1. The Hall–Kier alpha value is -0.290. The summed E-state index contributed by atoms with van der Waals surface area (Å²) < 4.78 is 0.874. The first kappa shape index (κ1) is 15.1. The highest BCUT2D eigenvalue weighted by Crippen LogP contribution is 2.35. The van der Waals surface area contributed by atoms with Crippen LogP contribution in [0.4, 0.5) is 5.13 Å². The molecular formula is C13H13BrCl2N2S. The van der Waals surface area contributed by atoms with Crippen LogP contribution in [0.5, 0.6) is 0 Å². The highest BCUT2D eigenvalue weighted by atomic mass is 79.9. The molecule has 102 valence electrons. The Morgan fingerprint density at radius 2 is 1.89 bits per heavy atom. The highest BCUT2D eigenvalue weighted by Gasteiger charge is 2.16. The number of nitrogens with zero attached hydrogens (tertiary/aromatic N) is 1. The van der Waals surface area contributed by atoms with Crippen molar-refractivity contribution in [3.8, 4) is 0 Å². The average Bonchev–Trinajstić information content (AvgIpc) is 2.65. The third kappa shape index (κ3) is 3.43. The molecule has 0 aliphatic carbocycles. The lowest BCUT2D eigenvalue weighted by Gasteiger charge is -2.09. The summed E-state index contributed by atoms with van der Waals surface area (Å²) in [7, 11) is 0. The van der Waals surface area contributed by atoms with Crippen molar-refractivity contribution in [2.45, 2.75) is 26.2 Å². The van der Waals surface area contributed by atoms with Gasteiger partial charge in [0.15, 0.2) is 5.13 Å². The molecule has 0 fully saturated rings. The second-order valence-electron chi connectivity index (χ2n) is 4.54. The largest absolute Gasteiger partial charge is 0.375 e. The lowest BCUT2D eigenvalue weighted by atomic mass is 10.0. The molecule has 2 rings (SSSR count). The van der Waals surface area contributed by atoms with Gasteiger partial charge in [-0.1, -0.05) is 53.0 Å². The van der Waals surface area contributed by atoms with Crippen molar-refractivity contribution >= 4 is 55.6 Å². The molecule has 1 heterocycles. The second kappa shape index (κ2) is 6.00. The van der Waals surface area contributed by atoms with Crippen LogP contribution in [0.15, 0.2) is 16.6 Å². The van der Waals surface area contributed by atoms with Gasteiger partial charge in [0.25, 0.3) is 0 Å². The van der Waals surface area contributed by atoms with Gasteiger partial charge in [-0.3, -0.25) is 0 Å². The zero-order chi connectivity index (χ0) is 14.2. The first-order valence-electron chi connectivity index (χ1n) is 5.77. The SMILES string of the molecule is CC(C)c1nc(N)sc1Cc1c(Cl)cc(Br)cc1Cl. The van der Waals surface area contributed by atoms with E-state index in [9.17, 15) is 0 Å². The van der Waals surface area contributed by atoms with Gasteiger partial charge in [-0.15, -0.1) is 11.3 Å². The molecule has 6 heteroatoms. The fourth-order valence-electron chi connectivity index (χ4n) is 1.86. The standard InChI is InChI=1S/C13H13BrCl2N2S/c1-6(2)12-11(19-13(17)18-12)5-8-9(15)3-7(14)4-10(8)16/h3-4,6H,5H2,1-2H3,(H2,17,18). The summed E-state index contributed by atoms with van der Waals surface area (Å²) in [6, 6.07) is 3.70. The maximum Gasteiger partial charge on any atom is 0.180 e. The summed E-state index contributed by atoms with van der Waals surface area (Å²) >= 11 is 17.4. The Morgan fingerprint density at radius 1 is 1.32 bits per heavy atom. The molecule has 0 spiro atoms. The van der Waals surface area contributed by atoms with Gasteiger partial charge in [-0.25, -0.2) is 4.98 Å². The lowest BCUT2D eigenvalue weighted by molar-refractivity contribution is 0.820. The number of hydrogen-bond acceptors (Lipinski definition) is 3. The number of hydrogen-bond donors (Lipinski definition) is 1. The van der Waals surface area contributed by atoms with Crippen LogP contribution >= 0.6 is 50.5 Å². The number of rotatable bonds is 3. The second-order valence-corrected chi connectivity index (χ2v) is 7.39. The molecular weight excluding hydrogens is 367 g/mol. The van der Waals surface area contributed by atoms with E-state index < -0.39 is 0 Å². The first-order valence-corrected chi connectivity index (χ1v) is 8.13. The Labute approximate surface area is 135 Å². The van der Waals surface area contributed by atoms with Gasteiger partial charge < -0.3 is 5.73 Å². The maximum absolute atomic E-state index is 6.26. The van der Waals surface area contributed by atoms with Gasteiger partial charge >= 0.3 is 0 Å². The number of benzene rings is 1. The Bertz CT molecular complexity index is 588. The minimum Gasteiger partial charge on any atom is -0.375 e. The molecule has 2 aromatic rings. The van der Waals surface area contributed by atoms with Crippen molar-refractivity contribution < 1.29 is 0 Å². The van der Waals surface area contributed by atoms with E-state index in [0.29, 0.717) is 27.5 Å². The number of halogens is 3. The van der Waals surface area contributed by atoms with E-state index in [1.807, 2.05) is 12.1 Å². The van der Waals surface area contributed by atoms with E-state index in [1.165, 1.54) is 11.3 Å². The van der Waals surface area contributed by atoms with Crippen molar-refractivity contribution in [1.82, 2.24) is 4.98 Å². The summed E-state index contributed by atoms with van der Waals surface area (Å²) in [6.07, 6.45) is 0.660. The van der Waals surface area contributed by atoms with Crippen LogP contribution in [0.1, 0.15) is 35.9 Å². The van der Waals surface area contributed by atoms with Crippen LogP contribution in [0.25, 0.3) is 0 Å². The molecule has 0 aliphatic rings. The van der Waals surface area contributed by atoms with Crippen LogP contribution < -0.4 is 5.73 Å². The van der Waals surface area contributed by atoms with Crippen LogP contribution in [-0.4, -0.2) is 4.98 Å². The summed E-state index contributed by atoms with van der Waals surface area (Å²) in [4.78, 5) is 5.51. The molecule has 19 heavy (non-hydrogen) atoms. The molecule has 2 nitrogen and oxygen atoms in total. The van der Waals surface area contributed by atoms with E-state index in [0.717, 1.165) is 20.6 Å². The smallest absolute Gasteiger partial charge is 0.180 e. The van der Waals surface area contributed by atoms with E-state index in [-0.39, 0.29) is 0 Å². The molecule has 0 unspecified atom stereocenters. The van der Waals surface area contributed by atoms with Gasteiger partial charge in [0.2, 0.25) is 0 Å². The van der Waals surface area contributed by atoms with Gasteiger partial charge in [-0.2, -0.15) is 0 Å². The quantitative estimate of drug-likeness (QED) is 0.763. The van der Waals surface area contributed by atoms with Gasteiger partial charge in [0.1, 0.15) is 0 Å². The molecule has 0 bridgehead atoms. The minimum atomic E-state index is 0.330. The third-order valence-corrected chi connectivity index (χ3v) is 4.77. The predicted octanol–water partition coefficient (Wildman–Crippen LogP) is 5.51. The average molecular weight is 380 g/mol. The van der Waals surface area contributed by atoms with E-state index in [2.05, 4.69) is 34.8 Å². The minimum absolute atomic E-state index is 0.330. The van der Waals surface area contributed by atoms with E-state index >= 15 is 0 Å². The van der Waals surface area contributed by atoms with Crippen LogP contribution in [-0.2, 0) is 6.42 Å². The van der Waals surface area contributed by atoms with Crippen molar-refractivity contribution in [1.29, 1.82) is 0 Å². The molecule has 2 N–H and O–H groups in total. The Morgan fingerprint density at radius 3 is 2.42 bits per heavy atom. The molecule has 1 aromatic carbocycles. The molecule has 0 aliphatic heterocycles. The summed E-state index contributed by atoms with van der Waals surface area (Å²) in [6.45, 7) is 4.20. The molecule has 0 saturated carbocycles. The molecule has 0 radical (unpaired) electrons. The van der Waals surface area contributed by atoms with Crippen molar-refractivity contribution in [2.75, 3.05) is 5.73 Å². The fraction of sp³-hybridized carbons (Fsp3) is 0.308. The van der Waals surface area contributed by atoms with Crippen molar-refractivity contribution in [3.05, 3.63) is 42.8 Å². The Kier molecular flexibility index (Phi) is 4.77. The van der Waals surface area contributed by atoms with E-state index in [4.69, 9.17) is 28.9 Å². The zero-order valence-electron chi connectivity index (χ0n) is 10.5. The lowest BCUT2D eigenvalue weighted by Crippen LogP contribution is -1.96. The zero-order valence-corrected chi connectivity index (χ0v) is 14.4. The monoisotopic (exact) mass is 378 g/mol. The molecule has 0 atom stereocenters. The number of nitrogen functional groups attached to an aromatic ring is 1.